The van der Waals surface area contributed by atoms with Crippen LogP contribution in [0.15, 0.2) is 23.0 Å². The molecule has 0 saturated heterocycles. The molecule has 3 rings (SSSR count). The third-order valence-corrected chi connectivity index (χ3v) is 4.84. The predicted molar refractivity (Wildman–Crippen MR) is 111 cm³/mol. The van der Waals surface area contributed by atoms with Crippen molar-refractivity contribution >= 4 is 53.1 Å². The lowest BCUT2D eigenvalue weighted by atomic mass is 10.0. The number of H-pyrrole nitrogens is 1. The number of carboxylic acids is 1. The predicted octanol–water partition coefficient (Wildman–Crippen LogP) is 3.42. The van der Waals surface area contributed by atoms with E-state index in [2.05, 4.69) is 10.3 Å². The zero-order valence-electron chi connectivity index (χ0n) is 14.9. The van der Waals surface area contributed by atoms with Gasteiger partial charge in [-0.25, -0.2) is 0 Å². The van der Waals surface area contributed by atoms with Gasteiger partial charge in [0, 0.05) is 36.3 Å². The highest BCUT2D eigenvalue weighted by atomic mass is 35.5. The number of hydrogen-bond donors (Lipinski definition) is 3. The second kappa shape index (κ2) is 9.14. The topological polar surface area (TPSA) is 85.4 Å². The molecule has 144 valence electrons. The van der Waals surface area contributed by atoms with E-state index >= 15 is 0 Å². The summed E-state index contributed by atoms with van der Waals surface area (Å²) in [6.45, 7) is 2.86. The van der Waals surface area contributed by atoms with E-state index in [4.69, 9.17) is 5.11 Å². The van der Waals surface area contributed by atoms with Crippen LogP contribution in [0.2, 0.25) is 0 Å². The molecule has 0 spiro atoms. The Hall–Kier alpha value is -1.92. The Balaban J connectivity index is 0.00000169. The van der Waals surface area contributed by atoms with Gasteiger partial charge < -0.3 is 20.3 Å². The summed E-state index contributed by atoms with van der Waals surface area (Å²) in [5.74, 6) is -0.804. The number of aromatic amines is 1. The lowest BCUT2D eigenvalue weighted by Crippen LogP contribution is -2.33. The summed E-state index contributed by atoms with van der Waals surface area (Å²) < 4.78 is 0. The Kier molecular flexibility index (Phi) is 7.78. The molecule has 1 aromatic heterocycles. The molecule has 0 bridgehead atoms. The number of nitrogens with zero attached hydrogens (tertiary/aromatic N) is 1. The van der Waals surface area contributed by atoms with Crippen LogP contribution in [0.4, 0.5) is 11.4 Å². The molecule has 2 aromatic rings. The molecule has 3 N–H and O–H groups in total. The van der Waals surface area contributed by atoms with Crippen molar-refractivity contribution in [3.63, 3.8) is 0 Å². The van der Waals surface area contributed by atoms with Gasteiger partial charge in [-0.15, -0.1) is 24.8 Å². The van der Waals surface area contributed by atoms with Crippen LogP contribution in [0.25, 0.3) is 10.9 Å². The van der Waals surface area contributed by atoms with Gasteiger partial charge in [0.25, 0.3) is 5.56 Å². The summed E-state index contributed by atoms with van der Waals surface area (Å²) >= 11 is 0. The van der Waals surface area contributed by atoms with E-state index in [9.17, 15) is 9.59 Å². The molecular formula is C18H25Cl2N3O3. The highest BCUT2D eigenvalue weighted by Crippen LogP contribution is 2.30. The molecule has 1 atom stereocenters. The molecular weight excluding hydrogens is 377 g/mol. The molecule has 1 aromatic carbocycles. The fourth-order valence-corrected chi connectivity index (χ4v) is 3.43. The van der Waals surface area contributed by atoms with Crippen LogP contribution in [-0.4, -0.2) is 35.7 Å². The van der Waals surface area contributed by atoms with Crippen molar-refractivity contribution in [2.45, 2.75) is 38.6 Å². The number of hydrogen-bond acceptors (Lipinski definition) is 4. The molecule has 1 aliphatic heterocycles. The second-order valence-electron chi connectivity index (χ2n) is 6.34. The molecule has 1 aliphatic rings. The van der Waals surface area contributed by atoms with Crippen molar-refractivity contribution < 1.29 is 9.90 Å². The molecule has 0 saturated carbocycles. The normalized spacial score (nSPS) is 13.6. The summed E-state index contributed by atoms with van der Waals surface area (Å²) in [7, 11) is 1.90. The number of aliphatic carboxylic acids is 1. The molecule has 0 fully saturated rings. The quantitative estimate of drug-likeness (QED) is 0.714. The number of carbonyl (C=O) groups is 1. The van der Waals surface area contributed by atoms with Crippen LogP contribution in [-0.2, 0) is 11.2 Å². The molecule has 0 radical (unpaired) electrons. The minimum atomic E-state index is -0.804. The molecule has 8 heteroatoms. The average molecular weight is 402 g/mol. The second-order valence-corrected chi connectivity index (χ2v) is 6.34. The van der Waals surface area contributed by atoms with Gasteiger partial charge in [0.05, 0.1) is 17.6 Å². The number of halogens is 2. The average Bonchev–Trinajstić information content (AvgIpc) is 2.58. The van der Waals surface area contributed by atoms with Crippen molar-refractivity contribution in [1.82, 2.24) is 4.98 Å². The summed E-state index contributed by atoms with van der Waals surface area (Å²) in [6.07, 6.45) is 2.60. The lowest BCUT2D eigenvalue weighted by molar-refractivity contribution is -0.137. The smallest absolute Gasteiger partial charge is 0.305 e. The fraction of sp³-hybridized carbons (Fsp3) is 0.444. The van der Waals surface area contributed by atoms with E-state index < -0.39 is 5.97 Å². The summed E-state index contributed by atoms with van der Waals surface area (Å²) in [6, 6.07) is 5.84. The molecule has 1 unspecified atom stereocenters. The highest BCUT2D eigenvalue weighted by molar-refractivity contribution is 5.95. The first-order valence-corrected chi connectivity index (χ1v) is 8.38. The van der Waals surface area contributed by atoms with Gasteiger partial charge in [0.1, 0.15) is 0 Å². The largest absolute Gasteiger partial charge is 0.481 e. The van der Waals surface area contributed by atoms with Crippen molar-refractivity contribution in [2.24, 2.45) is 0 Å². The first kappa shape index (κ1) is 22.1. The molecule has 6 nitrogen and oxygen atoms in total. The molecule has 2 heterocycles. The Labute approximate surface area is 164 Å². The SMILES string of the molecule is CCC(CC(=O)O)N(C)c1ccc2c3c(c(=O)[nH]c2c1)CCCN3.Cl.Cl. The summed E-state index contributed by atoms with van der Waals surface area (Å²) in [5, 5.41) is 13.4. The van der Waals surface area contributed by atoms with Gasteiger partial charge in [-0.1, -0.05) is 6.92 Å². The minimum absolute atomic E-state index is 0. The lowest BCUT2D eigenvalue weighted by Gasteiger charge is -2.28. The van der Waals surface area contributed by atoms with Gasteiger partial charge in [-0.05, 0) is 37.5 Å². The third kappa shape index (κ3) is 4.24. The van der Waals surface area contributed by atoms with Gasteiger partial charge in [-0.2, -0.15) is 0 Å². The number of fused-ring (bicyclic) bond motifs is 3. The van der Waals surface area contributed by atoms with Gasteiger partial charge in [0.2, 0.25) is 0 Å². The van der Waals surface area contributed by atoms with Crippen LogP contribution >= 0.6 is 24.8 Å². The number of nitrogens with one attached hydrogen (secondary N) is 2. The van der Waals surface area contributed by atoms with Gasteiger partial charge in [0.15, 0.2) is 0 Å². The maximum absolute atomic E-state index is 12.3. The Morgan fingerprint density at radius 2 is 2.08 bits per heavy atom. The molecule has 0 aliphatic carbocycles. The Morgan fingerprint density at radius 3 is 2.73 bits per heavy atom. The standard InChI is InChI=1S/C18H23N3O3.2ClH/c1-3-11(10-16(22)23)21(2)12-6-7-13-15(9-12)20-18(24)14-5-4-8-19-17(13)14;;/h6-7,9,11,19H,3-5,8,10H2,1-2H3,(H,20,24)(H,22,23);2*1H. The van der Waals surface area contributed by atoms with Crippen LogP contribution in [0.1, 0.15) is 31.7 Å². The summed E-state index contributed by atoms with van der Waals surface area (Å²) in [4.78, 5) is 28.3. The Morgan fingerprint density at radius 1 is 1.35 bits per heavy atom. The number of benzene rings is 1. The highest BCUT2D eigenvalue weighted by Gasteiger charge is 2.19. The minimum Gasteiger partial charge on any atom is -0.481 e. The maximum Gasteiger partial charge on any atom is 0.305 e. The maximum atomic E-state index is 12.3. The number of anilines is 2. The van der Waals surface area contributed by atoms with Crippen molar-refractivity contribution in [1.29, 1.82) is 0 Å². The first-order chi connectivity index (χ1) is 11.5. The van der Waals surface area contributed by atoms with E-state index in [0.29, 0.717) is 0 Å². The van der Waals surface area contributed by atoms with E-state index in [-0.39, 0.29) is 42.8 Å². The van der Waals surface area contributed by atoms with Crippen LogP contribution in [0.5, 0.6) is 0 Å². The number of carboxylic acid groups (broad SMARTS) is 1. The monoisotopic (exact) mass is 401 g/mol. The van der Waals surface area contributed by atoms with Gasteiger partial charge in [-0.3, -0.25) is 9.59 Å². The Bertz CT molecular complexity index is 838. The van der Waals surface area contributed by atoms with Crippen LogP contribution < -0.4 is 15.8 Å². The van der Waals surface area contributed by atoms with Crippen molar-refractivity contribution in [2.75, 3.05) is 23.8 Å². The van der Waals surface area contributed by atoms with E-state index in [0.717, 1.165) is 53.6 Å². The zero-order chi connectivity index (χ0) is 17.3. The number of pyridine rings is 1. The van der Waals surface area contributed by atoms with Crippen LogP contribution in [0, 0.1) is 0 Å². The number of aromatic nitrogens is 1. The fourth-order valence-electron chi connectivity index (χ4n) is 3.43. The third-order valence-electron chi connectivity index (χ3n) is 4.84. The van der Waals surface area contributed by atoms with Crippen LogP contribution in [0.3, 0.4) is 0 Å². The van der Waals surface area contributed by atoms with E-state index in [1.54, 1.807) is 0 Å². The number of rotatable bonds is 5. The van der Waals surface area contributed by atoms with Crippen molar-refractivity contribution in [3.8, 4) is 0 Å². The van der Waals surface area contributed by atoms with Crippen molar-refractivity contribution in [3.05, 3.63) is 34.1 Å². The van der Waals surface area contributed by atoms with Gasteiger partial charge >= 0.3 is 5.97 Å². The zero-order valence-corrected chi connectivity index (χ0v) is 16.5. The first-order valence-electron chi connectivity index (χ1n) is 8.38. The summed E-state index contributed by atoms with van der Waals surface area (Å²) in [5.41, 5.74) is 3.41. The van der Waals surface area contributed by atoms with E-state index in [1.807, 2.05) is 37.1 Å². The molecule has 26 heavy (non-hydrogen) atoms. The van der Waals surface area contributed by atoms with E-state index in [1.165, 1.54) is 0 Å². The molecule has 0 amide bonds.